The number of amides is 1. The van der Waals surface area contributed by atoms with E-state index in [2.05, 4.69) is 68.1 Å². The summed E-state index contributed by atoms with van der Waals surface area (Å²) in [7, 11) is 0. The molecule has 0 unspecified atom stereocenters. The van der Waals surface area contributed by atoms with Crippen LogP contribution in [-0.4, -0.2) is 42.0 Å². The Labute approximate surface area is 177 Å². The van der Waals surface area contributed by atoms with E-state index in [1.807, 2.05) is 4.90 Å². The average Bonchev–Trinajstić information content (AvgIpc) is 3.18. The second-order valence-electron chi connectivity index (χ2n) is 8.06. The van der Waals surface area contributed by atoms with Crippen LogP contribution in [0.15, 0.2) is 42.5 Å². The van der Waals surface area contributed by atoms with E-state index in [0.717, 1.165) is 48.8 Å². The molecule has 1 aliphatic heterocycles. The molecule has 4 nitrogen and oxygen atoms in total. The Morgan fingerprint density at radius 1 is 1.03 bits per heavy atom. The molecule has 5 heteroatoms. The first-order valence-electron chi connectivity index (χ1n) is 10.5. The van der Waals surface area contributed by atoms with Crippen LogP contribution < -0.4 is 4.90 Å². The lowest BCUT2D eigenvalue weighted by Crippen LogP contribution is -2.49. The molecule has 0 bridgehead atoms. The summed E-state index contributed by atoms with van der Waals surface area (Å²) < 4.78 is 1.25. The van der Waals surface area contributed by atoms with Crippen molar-refractivity contribution < 1.29 is 4.79 Å². The van der Waals surface area contributed by atoms with Crippen LogP contribution in [0.4, 0.5) is 5.13 Å². The van der Waals surface area contributed by atoms with E-state index in [1.165, 1.54) is 15.8 Å². The molecule has 2 aromatic carbocycles. The van der Waals surface area contributed by atoms with Gasteiger partial charge in [0.05, 0.1) is 16.6 Å². The molecule has 0 saturated carbocycles. The van der Waals surface area contributed by atoms with E-state index < -0.39 is 0 Å². The molecule has 1 saturated heterocycles. The normalized spacial score (nSPS) is 14.8. The minimum Gasteiger partial charge on any atom is -0.345 e. The summed E-state index contributed by atoms with van der Waals surface area (Å²) in [5, 5.41) is 1.08. The average molecular weight is 408 g/mol. The quantitative estimate of drug-likeness (QED) is 0.605. The van der Waals surface area contributed by atoms with E-state index in [4.69, 9.17) is 4.98 Å². The third-order valence-corrected chi connectivity index (χ3v) is 6.83. The van der Waals surface area contributed by atoms with E-state index >= 15 is 0 Å². The van der Waals surface area contributed by atoms with Crippen molar-refractivity contribution in [2.45, 2.75) is 39.5 Å². The molecule has 2 heterocycles. The Morgan fingerprint density at radius 2 is 1.72 bits per heavy atom. The molecular weight excluding hydrogens is 378 g/mol. The lowest BCUT2D eigenvalue weighted by atomic mass is 10.0. The van der Waals surface area contributed by atoms with Gasteiger partial charge in [-0.15, -0.1) is 0 Å². The molecule has 152 valence electrons. The van der Waals surface area contributed by atoms with Crippen LogP contribution in [0.2, 0.25) is 0 Å². The molecule has 3 aromatic rings. The maximum atomic E-state index is 12.7. The number of hydrogen-bond donors (Lipinski definition) is 0. The summed E-state index contributed by atoms with van der Waals surface area (Å²) in [5.74, 6) is 0.690. The number of fused-ring (bicyclic) bond motifs is 1. The van der Waals surface area contributed by atoms with Gasteiger partial charge in [-0.2, -0.15) is 0 Å². The Morgan fingerprint density at radius 3 is 2.38 bits per heavy atom. The lowest BCUT2D eigenvalue weighted by Gasteiger charge is -2.34. The number of carbonyl (C=O) groups excluding carboxylic acids is 1. The van der Waals surface area contributed by atoms with Gasteiger partial charge in [-0.1, -0.05) is 68.5 Å². The fraction of sp³-hybridized carbons (Fsp3) is 0.417. The second-order valence-corrected chi connectivity index (χ2v) is 9.07. The Kier molecular flexibility index (Phi) is 5.86. The monoisotopic (exact) mass is 407 g/mol. The van der Waals surface area contributed by atoms with Crippen LogP contribution in [0.25, 0.3) is 10.2 Å². The first-order chi connectivity index (χ1) is 14.0. The number of hydrogen-bond acceptors (Lipinski definition) is 4. The minimum absolute atomic E-state index is 0.222. The zero-order chi connectivity index (χ0) is 20.4. The van der Waals surface area contributed by atoms with Crippen LogP contribution >= 0.6 is 11.3 Å². The number of rotatable bonds is 5. The van der Waals surface area contributed by atoms with E-state index in [0.29, 0.717) is 12.3 Å². The van der Waals surface area contributed by atoms with Gasteiger partial charge in [-0.25, -0.2) is 4.98 Å². The number of carbonyl (C=O) groups is 1. The van der Waals surface area contributed by atoms with Gasteiger partial charge in [-0.3, -0.25) is 4.79 Å². The summed E-state index contributed by atoms with van der Waals surface area (Å²) >= 11 is 1.76. The summed E-state index contributed by atoms with van der Waals surface area (Å²) in [4.78, 5) is 22.0. The SMILES string of the molecule is CCc1ccc(CC(=O)N2CCN(c3nc4c(C(C)C)cccc4s3)CC2)cc1. The number of nitrogens with zero attached hydrogens (tertiary/aromatic N) is 3. The van der Waals surface area contributed by atoms with Crippen LogP contribution in [0.5, 0.6) is 0 Å². The first-order valence-corrected chi connectivity index (χ1v) is 11.4. The number of thiazole rings is 1. The predicted molar refractivity (Wildman–Crippen MR) is 122 cm³/mol. The number of piperazine rings is 1. The fourth-order valence-electron chi connectivity index (χ4n) is 3.89. The number of anilines is 1. The summed E-state index contributed by atoms with van der Waals surface area (Å²) in [6, 6.07) is 14.9. The van der Waals surface area contributed by atoms with E-state index in [1.54, 1.807) is 11.3 Å². The third kappa shape index (κ3) is 4.30. The maximum Gasteiger partial charge on any atom is 0.227 e. The number of benzene rings is 2. The van der Waals surface area contributed by atoms with Gasteiger partial charge >= 0.3 is 0 Å². The number of aromatic nitrogens is 1. The number of para-hydroxylation sites is 1. The first kappa shape index (κ1) is 19.9. The van der Waals surface area contributed by atoms with E-state index in [9.17, 15) is 4.79 Å². The second kappa shape index (κ2) is 8.54. The van der Waals surface area contributed by atoms with Gasteiger partial charge in [0.25, 0.3) is 0 Å². The van der Waals surface area contributed by atoms with Crippen molar-refractivity contribution in [3.63, 3.8) is 0 Å². The molecule has 1 fully saturated rings. The maximum absolute atomic E-state index is 12.7. The summed E-state index contributed by atoms with van der Waals surface area (Å²) in [6.07, 6.45) is 1.52. The molecule has 4 rings (SSSR count). The van der Waals surface area contributed by atoms with Crippen molar-refractivity contribution in [2.24, 2.45) is 0 Å². The molecule has 0 atom stereocenters. The van der Waals surface area contributed by atoms with Crippen LogP contribution in [-0.2, 0) is 17.6 Å². The zero-order valence-electron chi connectivity index (χ0n) is 17.5. The molecular formula is C24H29N3OS. The lowest BCUT2D eigenvalue weighted by molar-refractivity contribution is -0.130. The topological polar surface area (TPSA) is 36.4 Å². The van der Waals surface area contributed by atoms with Crippen molar-refractivity contribution in [1.29, 1.82) is 0 Å². The molecule has 0 radical (unpaired) electrons. The highest BCUT2D eigenvalue weighted by Crippen LogP contribution is 2.33. The van der Waals surface area contributed by atoms with Crippen LogP contribution in [0, 0.1) is 0 Å². The molecule has 1 aromatic heterocycles. The Balaban J connectivity index is 1.39. The van der Waals surface area contributed by atoms with Gasteiger partial charge in [0.15, 0.2) is 5.13 Å². The van der Waals surface area contributed by atoms with Crippen molar-refractivity contribution in [1.82, 2.24) is 9.88 Å². The highest BCUT2D eigenvalue weighted by Gasteiger charge is 2.23. The standard InChI is InChI=1S/C24H29N3OS/c1-4-18-8-10-19(11-9-18)16-22(28)26-12-14-27(15-13-26)24-25-23-20(17(2)3)6-5-7-21(23)29-24/h5-11,17H,4,12-16H2,1-3H3. The zero-order valence-corrected chi connectivity index (χ0v) is 18.3. The van der Waals surface area contributed by atoms with Gasteiger partial charge in [0.2, 0.25) is 5.91 Å². The van der Waals surface area contributed by atoms with Crippen LogP contribution in [0.1, 0.15) is 43.4 Å². The number of aryl methyl sites for hydroxylation is 1. The van der Waals surface area contributed by atoms with Crippen molar-refractivity contribution in [2.75, 3.05) is 31.1 Å². The fourth-order valence-corrected chi connectivity index (χ4v) is 4.94. The molecule has 0 aliphatic carbocycles. The molecule has 29 heavy (non-hydrogen) atoms. The predicted octanol–water partition coefficient (Wildman–Crippen LogP) is 4.87. The van der Waals surface area contributed by atoms with Crippen molar-refractivity contribution >= 4 is 32.6 Å². The molecule has 0 N–H and O–H groups in total. The van der Waals surface area contributed by atoms with Crippen molar-refractivity contribution in [3.8, 4) is 0 Å². The van der Waals surface area contributed by atoms with Crippen LogP contribution in [0.3, 0.4) is 0 Å². The molecule has 0 spiro atoms. The Hall–Kier alpha value is -2.40. The van der Waals surface area contributed by atoms with E-state index in [-0.39, 0.29) is 5.91 Å². The third-order valence-electron chi connectivity index (χ3n) is 5.75. The minimum atomic E-state index is 0.222. The van der Waals surface area contributed by atoms with Crippen molar-refractivity contribution in [3.05, 3.63) is 59.2 Å². The molecule has 1 amide bonds. The van der Waals surface area contributed by atoms with Gasteiger partial charge < -0.3 is 9.80 Å². The Bertz CT molecular complexity index is 985. The van der Waals surface area contributed by atoms with Gasteiger partial charge in [0, 0.05) is 26.2 Å². The summed E-state index contributed by atoms with van der Waals surface area (Å²) in [5.41, 5.74) is 4.86. The largest absolute Gasteiger partial charge is 0.345 e. The van der Waals surface area contributed by atoms with Gasteiger partial charge in [0.1, 0.15) is 0 Å². The highest BCUT2D eigenvalue weighted by molar-refractivity contribution is 7.22. The molecule has 1 aliphatic rings. The van der Waals surface area contributed by atoms with Gasteiger partial charge in [-0.05, 0) is 35.1 Å². The highest BCUT2D eigenvalue weighted by atomic mass is 32.1. The summed E-state index contributed by atoms with van der Waals surface area (Å²) in [6.45, 7) is 9.79. The smallest absolute Gasteiger partial charge is 0.227 e.